The number of ether oxygens (including phenoxy) is 3. The summed E-state index contributed by atoms with van der Waals surface area (Å²) in [5, 5.41) is 0. The summed E-state index contributed by atoms with van der Waals surface area (Å²) in [5.74, 6) is 0. The maximum absolute atomic E-state index is 5.68. The van der Waals surface area contributed by atoms with Crippen LogP contribution in [0.3, 0.4) is 0 Å². The first-order valence-electron chi connectivity index (χ1n) is 6.07. The van der Waals surface area contributed by atoms with Crippen LogP contribution in [0.2, 0.25) is 0 Å². The maximum atomic E-state index is 5.68. The van der Waals surface area contributed by atoms with Gasteiger partial charge in [0.05, 0.1) is 0 Å². The lowest BCUT2D eigenvalue weighted by Gasteiger charge is -2.39. The number of hydrogen-bond donors (Lipinski definition) is 0. The van der Waals surface area contributed by atoms with E-state index < -0.39 is 14.7 Å². The van der Waals surface area contributed by atoms with Gasteiger partial charge < -0.3 is 23.1 Å². The van der Waals surface area contributed by atoms with Gasteiger partial charge in [-0.3, -0.25) is 0 Å². The zero-order chi connectivity index (χ0) is 13.3. The molecule has 5 nitrogen and oxygen atoms in total. The topological polar surface area (TPSA) is 46.2 Å². The van der Waals surface area contributed by atoms with Gasteiger partial charge in [0.25, 0.3) is 0 Å². The van der Waals surface area contributed by atoms with Crippen molar-refractivity contribution >= 4 is 9.28 Å². The first-order valence-corrected chi connectivity index (χ1v) is 7.59. The summed E-state index contributed by atoms with van der Waals surface area (Å²) in [6.45, 7) is 9.45. The Hall–Kier alpha value is 0.0169. The van der Waals surface area contributed by atoms with Gasteiger partial charge in [0.1, 0.15) is 6.10 Å². The molecule has 0 aliphatic rings. The smallest absolute Gasteiger partial charge is 0.387 e. The highest BCUT2D eigenvalue weighted by Gasteiger charge is 2.49. The van der Waals surface area contributed by atoms with E-state index in [9.17, 15) is 0 Å². The summed E-state index contributed by atoms with van der Waals surface area (Å²) in [7, 11) is 1.05. The molecule has 0 radical (unpaired) electrons. The molecule has 104 valence electrons. The molecule has 0 aromatic heterocycles. The Labute approximate surface area is 106 Å². The number of methoxy groups -OCH3 is 2. The quantitative estimate of drug-likeness (QED) is 0.440. The third-order valence-corrected chi connectivity index (χ3v) is 5.46. The Morgan fingerprint density at radius 2 is 1.41 bits per heavy atom. The van der Waals surface area contributed by atoms with E-state index in [0.717, 1.165) is 0 Å². The van der Waals surface area contributed by atoms with Gasteiger partial charge in [-0.15, -0.1) is 0 Å². The van der Waals surface area contributed by atoms with Crippen molar-refractivity contribution in [2.45, 2.75) is 39.2 Å². The Balaban J connectivity index is 4.95. The highest BCUT2D eigenvalue weighted by atomic mass is 28.3. The summed E-state index contributed by atoms with van der Waals surface area (Å²) < 4.78 is 28.0. The van der Waals surface area contributed by atoms with Crippen LogP contribution in [0.25, 0.3) is 0 Å². The Bertz CT molecular complexity index is 181. The van der Waals surface area contributed by atoms with Crippen LogP contribution in [-0.2, 0) is 23.1 Å². The molecular weight excluding hydrogens is 240 g/mol. The van der Waals surface area contributed by atoms with Gasteiger partial charge >= 0.3 is 9.28 Å². The van der Waals surface area contributed by atoms with Crippen molar-refractivity contribution in [2.75, 3.05) is 34.0 Å². The predicted molar refractivity (Wildman–Crippen MR) is 68.2 cm³/mol. The Morgan fingerprint density at radius 3 is 1.71 bits per heavy atom. The summed E-state index contributed by atoms with van der Waals surface area (Å²) in [6.07, 6.45) is -0.239. The average molecular weight is 266 g/mol. The molecular formula is C11H26O5Si. The number of rotatable bonds is 10. The van der Waals surface area contributed by atoms with Gasteiger partial charge in [0.2, 0.25) is 5.41 Å². The molecule has 17 heavy (non-hydrogen) atoms. The van der Waals surface area contributed by atoms with Gasteiger partial charge in [0, 0.05) is 34.0 Å². The Morgan fingerprint density at radius 1 is 0.941 bits per heavy atom. The largest absolute Gasteiger partial charge is 0.394 e. The van der Waals surface area contributed by atoms with Crippen LogP contribution in [0.5, 0.6) is 0 Å². The normalized spacial score (nSPS) is 14.3. The lowest BCUT2D eigenvalue weighted by Crippen LogP contribution is -2.60. The van der Waals surface area contributed by atoms with Crippen molar-refractivity contribution in [1.82, 2.24) is 0 Å². The molecule has 0 aromatic rings. The van der Waals surface area contributed by atoms with Crippen molar-refractivity contribution in [3.05, 3.63) is 0 Å². The molecule has 0 N–H and O–H groups in total. The molecule has 0 rings (SSSR count). The monoisotopic (exact) mass is 266 g/mol. The first kappa shape index (κ1) is 17.0. The second kappa shape index (κ2) is 9.01. The van der Waals surface area contributed by atoms with Crippen LogP contribution in [-0.4, -0.2) is 54.8 Å². The zero-order valence-corrected chi connectivity index (χ0v) is 13.0. The van der Waals surface area contributed by atoms with Crippen molar-refractivity contribution in [2.24, 2.45) is 0 Å². The SMILES string of the molecule is CCOC(C)C(OC)(OC)[SiH](OCC)OCC. The van der Waals surface area contributed by atoms with Crippen LogP contribution < -0.4 is 0 Å². The van der Waals surface area contributed by atoms with E-state index in [-0.39, 0.29) is 6.10 Å². The van der Waals surface area contributed by atoms with E-state index >= 15 is 0 Å². The molecule has 0 saturated carbocycles. The lowest BCUT2D eigenvalue weighted by atomic mass is 10.4. The molecule has 0 aliphatic carbocycles. The average Bonchev–Trinajstić information content (AvgIpc) is 2.32. The van der Waals surface area contributed by atoms with Gasteiger partial charge in [-0.1, -0.05) is 0 Å². The van der Waals surface area contributed by atoms with Crippen molar-refractivity contribution in [3.8, 4) is 0 Å². The first-order chi connectivity index (χ1) is 8.12. The molecule has 0 amide bonds. The van der Waals surface area contributed by atoms with E-state index in [1.807, 2.05) is 27.7 Å². The predicted octanol–water partition coefficient (Wildman–Crippen LogP) is 1.23. The molecule has 0 aliphatic heterocycles. The molecule has 0 spiro atoms. The van der Waals surface area contributed by atoms with Crippen molar-refractivity contribution in [3.63, 3.8) is 0 Å². The summed E-state index contributed by atoms with van der Waals surface area (Å²) >= 11 is 0. The fraction of sp³-hybridized carbons (Fsp3) is 1.00. The van der Waals surface area contributed by atoms with Gasteiger partial charge in [0.15, 0.2) is 0 Å². The summed E-state index contributed by atoms with van der Waals surface area (Å²) in [6, 6.07) is 0. The van der Waals surface area contributed by atoms with Crippen LogP contribution in [0.15, 0.2) is 0 Å². The van der Waals surface area contributed by atoms with E-state index in [4.69, 9.17) is 23.1 Å². The summed E-state index contributed by atoms with van der Waals surface area (Å²) in [5.41, 5.74) is -0.915. The van der Waals surface area contributed by atoms with Crippen molar-refractivity contribution in [1.29, 1.82) is 0 Å². The van der Waals surface area contributed by atoms with Gasteiger partial charge in [-0.05, 0) is 27.7 Å². The minimum absolute atomic E-state index is 0.239. The molecule has 0 fully saturated rings. The maximum Gasteiger partial charge on any atom is 0.387 e. The van der Waals surface area contributed by atoms with E-state index in [1.165, 1.54) is 0 Å². The number of hydrogen-bond acceptors (Lipinski definition) is 5. The molecule has 0 aromatic carbocycles. The van der Waals surface area contributed by atoms with Crippen LogP contribution in [0.1, 0.15) is 27.7 Å². The third-order valence-electron chi connectivity index (χ3n) is 2.59. The fourth-order valence-corrected chi connectivity index (χ4v) is 3.78. The van der Waals surface area contributed by atoms with Crippen LogP contribution in [0, 0.1) is 0 Å². The van der Waals surface area contributed by atoms with Crippen LogP contribution in [0.4, 0.5) is 0 Å². The molecule has 0 bridgehead atoms. The van der Waals surface area contributed by atoms with Crippen molar-refractivity contribution < 1.29 is 23.1 Å². The standard InChI is InChI=1S/C11H26O5Si/c1-7-14-10(4)11(12-5,13-6)17(15-8-2)16-9-3/h10,17H,7-9H2,1-6H3. The molecule has 1 atom stereocenters. The molecule has 0 saturated heterocycles. The summed E-state index contributed by atoms with van der Waals surface area (Å²) in [4.78, 5) is 0. The zero-order valence-electron chi connectivity index (χ0n) is 11.8. The minimum atomic E-state index is -2.14. The van der Waals surface area contributed by atoms with Gasteiger partial charge in [-0.2, -0.15) is 0 Å². The van der Waals surface area contributed by atoms with Crippen LogP contribution >= 0.6 is 0 Å². The minimum Gasteiger partial charge on any atom is -0.394 e. The second-order valence-electron chi connectivity index (χ2n) is 3.47. The molecule has 0 heterocycles. The molecule has 6 heteroatoms. The van der Waals surface area contributed by atoms with E-state index in [1.54, 1.807) is 14.2 Å². The highest BCUT2D eigenvalue weighted by molar-refractivity contribution is 6.48. The lowest BCUT2D eigenvalue weighted by molar-refractivity contribution is -0.228. The van der Waals surface area contributed by atoms with E-state index in [2.05, 4.69) is 0 Å². The van der Waals surface area contributed by atoms with Gasteiger partial charge in [-0.25, -0.2) is 0 Å². The Kier molecular flexibility index (Phi) is 9.02. The van der Waals surface area contributed by atoms with E-state index in [0.29, 0.717) is 19.8 Å². The highest BCUT2D eigenvalue weighted by Crippen LogP contribution is 2.24. The molecule has 1 unspecified atom stereocenters. The second-order valence-corrected chi connectivity index (χ2v) is 5.61. The third kappa shape index (κ3) is 4.31. The fourth-order valence-electron chi connectivity index (χ4n) is 1.75.